The van der Waals surface area contributed by atoms with Gasteiger partial charge in [0.2, 0.25) is 0 Å². The van der Waals surface area contributed by atoms with E-state index in [0.717, 1.165) is 39.3 Å². The number of nitrogens with zero attached hydrogens (tertiary/aromatic N) is 1. The molecule has 0 spiro atoms. The number of aromatic nitrogens is 1. The third-order valence-corrected chi connectivity index (χ3v) is 6.02. The fourth-order valence-electron chi connectivity index (χ4n) is 4.34. The molecular formula is C24H16BrNO. The molecule has 0 unspecified atom stereocenters. The highest BCUT2D eigenvalue weighted by atomic mass is 79.9. The molecule has 3 aromatic carbocycles. The third-order valence-electron chi connectivity index (χ3n) is 5.53. The summed E-state index contributed by atoms with van der Waals surface area (Å²) >= 11 is 3.59. The summed E-state index contributed by atoms with van der Waals surface area (Å²) in [6.45, 7) is 0. The van der Waals surface area contributed by atoms with Crippen LogP contribution < -0.4 is 0 Å². The molecule has 2 aromatic heterocycles. The zero-order chi connectivity index (χ0) is 18.0. The van der Waals surface area contributed by atoms with Crippen LogP contribution in [0.25, 0.3) is 44.6 Å². The summed E-state index contributed by atoms with van der Waals surface area (Å²) in [5.41, 5.74) is 7.04. The molecule has 6 rings (SSSR count). The number of benzene rings is 3. The number of aryl methyl sites for hydroxylation is 1. The van der Waals surface area contributed by atoms with Crippen molar-refractivity contribution in [1.29, 1.82) is 0 Å². The van der Waals surface area contributed by atoms with E-state index in [1.165, 1.54) is 27.8 Å². The Bertz CT molecular complexity index is 1390. The molecule has 27 heavy (non-hydrogen) atoms. The smallest absolute Gasteiger partial charge is 0.135 e. The van der Waals surface area contributed by atoms with Crippen LogP contribution in [0.15, 0.2) is 75.6 Å². The first-order valence-corrected chi connectivity index (χ1v) is 10.00. The number of fused-ring (bicyclic) bond motifs is 6. The number of allylic oxidation sites excluding steroid dienone is 1. The Morgan fingerprint density at radius 2 is 1.67 bits per heavy atom. The molecule has 3 heteroatoms. The number of rotatable bonds is 1. The molecule has 0 saturated heterocycles. The van der Waals surface area contributed by atoms with Crippen LogP contribution in [0.3, 0.4) is 0 Å². The molecule has 1 aliphatic carbocycles. The lowest BCUT2D eigenvalue weighted by Crippen LogP contribution is -2.00. The molecule has 0 saturated carbocycles. The van der Waals surface area contributed by atoms with Gasteiger partial charge in [0.05, 0.1) is 5.52 Å². The standard InChI is InChI=1S/C24H16BrNO/c25-15-9-11-23-19(13-15)20-14-16(10-12-24(20)27-23)26-21-7-3-1-5-17(21)18-6-2-4-8-22(18)26/h1,3-5,7-14H,2,6H2. The van der Waals surface area contributed by atoms with Gasteiger partial charge >= 0.3 is 0 Å². The summed E-state index contributed by atoms with van der Waals surface area (Å²) in [6.07, 6.45) is 6.76. The van der Waals surface area contributed by atoms with Crippen molar-refractivity contribution in [3.05, 3.63) is 82.5 Å². The summed E-state index contributed by atoms with van der Waals surface area (Å²) in [5.74, 6) is 0. The van der Waals surface area contributed by atoms with Gasteiger partial charge in [-0.15, -0.1) is 0 Å². The van der Waals surface area contributed by atoms with Crippen LogP contribution in [0.2, 0.25) is 0 Å². The molecule has 0 radical (unpaired) electrons. The maximum Gasteiger partial charge on any atom is 0.135 e. The minimum Gasteiger partial charge on any atom is -0.456 e. The van der Waals surface area contributed by atoms with Crippen molar-refractivity contribution >= 4 is 54.8 Å². The van der Waals surface area contributed by atoms with Crippen LogP contribution >= 0.6 is 15.9 Å². The minimum atomic E-state index is 0.921. The van der Waals surface area contributed by atoms with Crippen LogP contribution in [0.4, 0.5) is 0 Å². The van der Waals surface area contributed by atoms with Gasteiger partial charge in [-0.1, -0.05) is 40.2 Å². The molecule has 130 valence electrons. The lowest BCUT2D eigenvalue weighted by molar-refractivity contribution is 0.669. The van der Waals surface area contributed by atoms with Crippen LogP contribution in [-0.4, -0.2) is 4.57 Å². The Morgan fingerprint density at radius 3 is 2.59 bits per heavy atom. The lowest BCUT2D eigenvalue weighted by Gasteiger charge is -2.12. The van der Waals surface area contributed by atoms with Crippen molar-refractivity contribution in [1.82, 2.24) is 4.57 Å². The van der Waals surface area contributed by atoms with Crippen molar-refractivity contribution in [3.63, 3.8) is 0 Å². The minimum absolute atomic E-state index is 0.921. The van der Waals surface area contributed by atoms with Crippen molar-refractivity contribution in [2.75, 3.05) is 0 Å². The van der Waals surface area contributed by atoms with Gasteiger partial charge in [0.15, 0.2) is 0 Å². The van der Waals surface area contributed by atoms with E-state index in [9.17, 15) is 0 Å². The highest BCUT2D eigenvalue weighted by Gasteiger charge is 2.18. The average molecular weight is 414 g/mol. The Hall–Kier alpha value is -2.78. The fraction of sp³-hybridized carbons (Fsp3) is 0.0833. The molecule has 0 atom stereocenters. The van der Waals surface area contributed by atoms with Crippen LogP contribution in [0.5, 0.6) is 0 Å². The quantitative estimate of drug-likeness (QED) is 0.283. The summed E-state index contributed by atoms with van der Waals surface area (Å²) in [7, 11) is 0. The first kappa shape index (κ1) is 15.3. The van der Waals surface area contributed by atoms with Gasteiger partial charge in [0.25, 0.3) is 0 Å². The molecule has 2 heterocycles. The lowest BCUT2D eigenvalue weighted by atomic mass is 10.0. The van der Waals surface area contributed by atoms with Gasteiger partial charge in [-0.2, -0.15) is 0 Å². The summed E-state index contributed by atoms with van der Waals surface area (Å²) in [5, 5.41) is 3.65. The summed E-state index contributed by atoms with van der Waals surface area (Å²) < 4.78 is 9.49. The van der Waals surface area contributed by atoms with Crippen molar-refractivity contribution in [2.24, 2.45) is 0 Å². The van der Waals surface area contributed by atoms with Gasteiger partial charge in [-0.05, 0) is 66.9 Å². The summed E-state index contributed by atoms with van der Waals surface area (Å²) in [4.78, 5) is 0. The van der Waals surface area contributed by atoms with Crippen LogP contribution in [0.1, 0.15) is 17.7 Å². The van der Waals surface area contributed by atoms with Gasteiger partial charge < -0.3 is 8.98 Å². The van der Waals surface area contributed by atoms with E-state index in [-0.39, 0.29) is 0 Å². The van der Waals surface area contributed by atoms with Crippen molar-refractivity contribution in [2.45, 2.75) is 12.8 Å². The highest BCUT2D eigenvalue weighted by Crippen LogP contribution is 2.36. The molecule has 5 aromatic rings. The summed E-state index contributed by atoms with van der Waals surface area (Å²) in [6, 6.07) is 21.4. The van der Waals surface area contributed by atoms with Crippen LogP contribution in [-0.2, 0) is 6.42 Å². The van der Waals surface area contributed by atoms with E-state index in [0.29, 0.717) is 0 Å². The second-order valence-corrected chi connectivity index (χ2v) is 8.00. The Labute approximate surface area is 164 Å². The van der Waals surface area contributed by atoms with Crippen molar-refractivity contribution in [3.8, 4) is 5.69 Å². The van der Waals surface area contributed by atoms with Gasteiger partial charge in [-0.3, -0.25) is 0 Å². The Kier molecular flexibility index (Phi) is 3.18. The number of para-hydroxylation sites is 1. The average Bonchev–Trinajstić information content (AvgIpc) is 3.23. The Morgan fingerprint density at radius 1 is 0.852 bits per heavy atom. The molecule has 0 bridgehead atoms. The predicted molar refractivity (Wildman–Crippen MR) is 116 cm³/mol. The molecule has 0 N–H and O–H groups in total. The van der Waals surface area contributed by atoms with E-state index in [1.807, 2.05) is 12.1 Å². The molecular weight excluding hydrogens is 398 g/mol. The SMILES string of the molecule is Brc1ccc2oc3ccc(-n4c5c(c6ccccc64)CCC=C5)cc3c2c1. The molecule has 1 aliphatic rings. The Balaban J connectivity index is 1.70. The second-order valence-electron chi connectivity index (χ2n) is 7.08. The topological polar surface area (TPSA) is 18.1 Å². The first-order chi connectivity index (χ1) is 13.3. The van der Waals surface area contributed by atoms with Crippen molar-refractivity contribution < 1.29 is 4.42 Å². The van der Waals surface area contributed by atoms with E-state index in [2.05, 4.69) is 81.2 Å². The molecule has 0 aliphatic heterocycles. The van der Waals surface area contributed by atoms with E-state index in [1.54, 1.807) is 0 Å². The van der Waals surface area contributed by atoms with Crippen LogP contribution in [0, 0.1) is 0 Å². The number of furan rings is 1. The van der Waals surface area contributed by atoms with E-state index in [4.69, 9.17) is 4.42 Å². The monoisotopic (exact) mass is 413 g/mol. The number of hydrogen-bond donors (Lipinski definition) is 0. The zero-order valence-corrected chi connectivity index (χ0v) is 16.2. The van der Waals surface area contributed by atoms with Gasteiger partial charge in [0.1, 0.15) is 11.2 Å². The maximum atomic E-state index is 6.04. The normalized spacial score (nSPS) is 13.7. The zero-order valence-electron chi connectivity index (χ0n) is 14.6. The maximum absolute atomic E-state index is 6.04. The fourth-order valence-corrected chi connectivity index (χ4v) is 4.70. The second kappa shape index (κ2) is 5.61. The number of hydrogen-bond acceptors (Lipinski definition) is 1. The van der Waals surface area contributed by atoms with E-state index >= 15 is 0 Å². The molecule has 2 nitrogen and oxygen atoms in total. The number of halogens is 1. The highest BCUT2D eigenvalue weighted by molar-refractivity contribution is 9.10. The van der Waals surface area contributed by atoms with Gasteiger partial charge in [-0.25, -0.2) is 0 Å². The first-order valence-electron chi connectivity index (χ1n) is 9.21. The molecule has 0 amide bonds. The third kappa shape index (κ3) is 2.18. The largest absolute Gasteiger partial charge is 0.456 e. The molecule has 0 fully saturated rings. The van der Waals surface area contributed by atoms with Gasteiger partial charge in [0, 0.05) is 32.0 Å². The van der Waals surface area contributed by atoms with E-state index < -0.39 is 0 Å². The predicted octanol–water partition coefficient (Wildman–Crippen LogP) is 7.25.